The van der Waals surface area contributed by atoms with E-state index in [4.69, 9.17) is 18.9 Å². The number of aliphatic hydroxyl groups is 4. The van der Waals surface area contributed by atoms with Crippen molar-refractivity contribution in [3.8, 4) is 0 Å². The predicted octanol–water partition coefficient (Wildman–Crippen LogP) is 4.18. The van der Waals surface area contributed by atoms with Crippen molar-refractivity contribution >= 4 is 5.97 Å². The number of aliphatic hydroxyl groups excluding tert-OH is 4. The molecule has 230 valence electrons. The Balaban J connectivity index is 2.25. The Kier molecular flexibility index (Phi) is 21.8. The van der Waals surface area contributed by atoms with E-state index in [2.05, 4.69) is 19.1 Å². The first kappa shape index (κ1) is 36.0. The molecular formula is C30H56O9. The molecule has 0 aliphatic carbocycles. The van der Waals surface area contributed by atoms with Gasteiger partial charge < -0.3 is 39.4 Å². The second-order valence-electron chi connectivity index (χ2n) is 10.6. The van der Waals surface area contributed by atoms with E-state index in [0.29, 0.717) is 13.0 Å². The Bertz CT molecular complexity index is 613. The topological polar surface area (TPSA) is 135 Å². The third kappa shape index (κ3) is 16.7. The first-order valence-corrected chi connectivity index (χ1v) is 15.3. The molecule has 0 aromatic heterocycles. The first-order chi connectivity index (χ1) is 18.9. The monoisotopic (exact) mass is 560 g/mol. The normalized spacial score (nSPS) is 24.3. The van der Waals surface area contributed by atoms with Crippen molar-refractivity contribution in [2.24, 2.45) is 0 Å². The molecule has 1 heterocycles. The van der Waals surface area contributed by atoms with E-state index in [1.165, 1.54) is 64.2 Å². The van der Waals surface area contributed by atoms with Gasteiger partial charge >= 0.3 is 5.97 Å². The molecule has 0 amide bonds. The van der Waals surface area contributed by atoms with Crippen LogP contribution in [0.25, 0.3) is 0 Å². The highest BCUT2D eigenvalue weighted by atomic mass is 16.7. The maximum Gasteiger partial charge on any atom is 0.306 e. The van der Waals surface area contributed by atoms with E-state index in [0.717, 1.165) is 25.7 Å². The van der Waals surface area contributed by atoms with E-state index in [-0.39, 0.29) is 19.2 Å². The quantitative estimate of drug-likeness (QED) is 0.0779. The number of ether oxygens (including phenoxy) is 4. The van der Waals surface area contributed by atoms with Crippen LogP contribution in [-0.4, -0.2) is 89.6 Å². The predicted molar refractivity (Wildman–Crippen MR) is 150 cm³/mol. The van der Waals surface area contributed by atoms with E-state index < -0.39 is 43.4 Å². The van der Waals surface area contributed by atoms with Gasteiger partial charge in [0.25, 0.3) is 0 Å². The SMILES string of the molecule is CCCCCC/C=C\CCCCCCCCOCC(COC1OC(CO)C(O)C(O)C1O)OC(=O)CCCC. The number of carbonyl (C=O) groups excluding carboxylic acids is 1. The molecule has 9 heteroatoms. The molecule has 1 fully saturated rings. The van der Waals surface area contributed by atoms with Crippen LogP contribution in [0.3, 0.4) is 0 Å². The fourth-order valence-electron chi connectivity index (χ4n) is 4.40. The van der Waals surface area contributed by atoms with Crippen LogP contribution in [0.15, 0.2) is 12.2 Å². The van der Waals surface area contributed by atoms with Crippen molar-refractivity contribution in [2.75, 3.05) is 26.4 Å². The van der Waals surface area contributed by atoms with Gasteiger partial charge in [-0.15, -0.1) is 0 Å². The maximum atomic E-state index is 12.2. The summed E-state index contributed by atoms with van der Waals surface area (Å²) in [7, 11) is 0. The van der Waals surface area contributed by atoms with Gasteiger partial charge in [-0.25, -0.2) is 0 Å². The van der Waals surface area contributed by atoms with Gasteiger partial charge in [0.15, 0.2) is 6.29 Å². The third-order valence-electron chi connectivity index (χ3n) is 6.93. The molecule has 1 saturated heterocycles. The fourth-order valence-corrected chi connectivity index (χ4v) is 4.40. The summed E-state index contributed by atoms with van der Waals surface area (Å²) in [5.74, 6) is -0.353. The van der Waals surface area contributed by atoms with Crippen molar-refractivity contribution in [2.45, 2.75) is 147 Å². The molecule has 0 bridgehead atoms. The third-order valence-corrected chi connectivity index (χ3v) is 6.93. The minimum absolute atomic E-state index is 0.117. The van der Waals surface area contributed by atoms with Crippen molar-refractivity contribution < 1.29 is 44.2 Å². The maximum absolute atomic E-state index is 12.2. The van der Waals surface area contributed by atoms with E-state index in [1.807, 2.05) is 6.92 Å². The van der Waals surface area contributed by atoms with Crippen LogP contribution in [0, 0.1) is 0 Å². The number of unbranched alkanes of at least 4 members (excludes halogenated alkanes) is 11. The molecule has 4 N–H and O–H groups in total. The van der Waals surface area contributed by atoms with E-state index in [1.54, 1.807) is 0 Å². The van der Waals surface area contributed by atoms with Gasteiger partial charge in [-0.1, -0.05) is 77.4 Å². The molecule has 1 aliphatic heterocycles. The van der Waals surface area contributed by atoms with Gasteiger partial charge in [0, 0.05) is 13.0 Å². The van der Waals surface area contributed by atoms with Gasteiger partial charge in [0.1, 0.15) is 30.5 Å². The molecule has 1 rings (SSSR count). The zero-order valence-corrected chi connectivity index (χ0v) is 24.4. The zero-order chi connectivity index (χ0) is 28.7. The van der Waals surface area contributed by atoms with Crippen LogP contribution >= 0.6 is 0 Å². The Morgan fingerprint density at radius 2 is 1.41 bits per heavy atom. The summed E-state index contributed by atoms with van der Waals surface area (Å²) in [4.78, 5) is 12.2. The summed E-state index contributed by atoms with van der Waals surface area (Å²) in [5, 5.41) is 39.4. The fraction of sp³-hybridized carbons (Fsp3) is 0.900. The molecule has 6 atom stereocenters. The summed E-state index contributed by atoms with van der Waals surface area (Å²) < 4.78 is 22.2. The number of esters is 1. The molecule has 0 spiro atoms. The van der Waals surface area contributed by atoms with Gasteiger partial charge in [0.2, 0.25) is 0 Å². The summed E-state index contributed by atoms with van der Waals surface area (Å²) in [5.41, 5.74) is 0. The highest BCUT2D eigenvalue weighted by Gasteiger charge is 2.44. The number of carbonyl (C=O) groups is 1. The lowest BCUT2D eigenvalue weighted by Crippen LogP contribution is -2.59. The lowest BCUT2D eigenvalue weighted by molar-refractivity contribution is -0.305. The number of allylic oxidation sites excluding steroid dienone is 2. The number of hydrogen-bond acceptors (Lipinski definition) is 9. The van der Waals surface area contributed by atoms with Gasteiger partial charge in [0.05, 0.1) is 19.8 Å². The van der Waals surface area contributed by atoms with Crippen LogP contribution in [-0.2, 0) is 23.7 Å². The van der Waals surface area contributed by atoms with Gasteiger partial charge in [-0.05, 0) is 38.5 Å². The molecular weight excluding hydrogens is 504 g/mol. The molecule has 6 unspecified atom stereocenters. The van der Waals surface area contributed by atoms with Crippen molar-refractivity contribution in [3.63, 3.8) is 0 Å². The van der Waals surface area contributed by atoms with Crippen molar-refractivity contribution in [1.82, 2.24) is 0 Å². The minimum Gasteiger partial charge on any atom is -0.457 e. The van der Waals surface area contributed by atoms with Crippen molar-refractivity contribution in [3.05, 3.63) is 12.2 Å². The van der Waals surface area contributed by atoms with E-state index >= 15 is 0 Å². The first-order valence-electron chi connectivity index (χ1n) is 15.3. The average molecular weight is 561 g/mol. The van der Waals surface area contributed by atoms with Crippen molar-refractivity contribution in [1.29, 1.82) is 0 Å². The van der Waals surface area contributed by atoms with Crippen LogP contribution in [0.1, 0.15) is 110 Å². The van der Waals surface area contributed by atoms with Gasteiger partial charge in [-0.3, -0.25) is 4.79 Å². The summed E-state index contributed by atoms with van der Waals surface area (Å²) in [6, 6.07) is 0. The Morgan fingerprint density at radius 3 is 2.05 bits per heavy atom. The second kappa shape index (κ2) is 23.6. The Hall–Kier alpha value is -1.07. The molecule has 1 aliphatic rings. The zero-order valence-electron chi connectivity index (χ0n) is 24.4. The van der Waals surface area contributed by atoms with Crippen LogP contribution in [0.2, 0.25) is 0 Å². The molecule has 39 heavy (non-hydrogen) atoms. The van der Waals surface area contributed by atoms with Crippen LogP contribution in [0.4, 0.5) is 0 Å². The smallest absolute Gasteiger partial charge is 0.306 e. The summed E-state index contributed by atoms with van der Waals surface area (Å²) in [6.45, 7) is 4.25. The molecule has 0 aromatic carbocycles. The Morgan fingerprint density at radius 1 is 0.795 bits per heavy atom. The van der Waals surface area contributed by atoms with E-state index in [9.17, 15) is 25.2 Å². The second-order valence-corrected chi connectivity index (χ2v) is 10.6. The number of hydrogen-bond donors (Lipinski definition) is 4. The molecule has 0 saturated carbocycles. The lowest BCUT2D eigenvalue weighted by atomic mass is 9.99. The molecule has 9 nitrogen and oxygen atoms in total. The standard InChI is InChI=1S/C30H56O9/c1-3-5-7-8-9-10-11-12-13-14-15-16-17-18-20-36-22-24(38-26(32)19-6-4-2)23-37-30-29(35)28(34)27(33)25(21-31)39-30/h10-11,24-25,27-31,33-35H,3-9,12-23H2,1-2H3/b11-10-. The highest BCUT2D eigenvalue weighted by Crippen LogP contribution is 2.22. The van der Waals surface area contributed by atoms with Crippen LogP contribution in [0.5, 0.6) is 0 Å². The number of rotatable bonds is 24. The molecule has 0 aromatic rings. The average Bonchev–Trinajstić information content (AvgIpc) is 2.93. The van der Waals surface area contributed by atoms with Crippen LogP contribution < -0.4 is 0 Å². The lowest BCUT2D eigenvalue weighted by Gasteiger charge is -2.39. The molecule has 0 radical (unpaired) electrons. The van der Waals surface area contributed by atoms with Gasteiger partial charge in [-0.2, -0.15) is 0 Å². The summed E-state index contributed by atoms with van der Waals surface area (Å²) >= 11 is 0. The highest BCUT2D eigenvalue weighted by molar-refractivity contribution is 5.69. The summed E-state index contributed by atoms with van der Waals surface area (Å²) in [6.07, 6.45) is 13.5. The Labute approximate surface area is 235 Å². The largest absolute Gasteiger partial charge is 0.457 e. The minimum atomic E-state index is -1.53.